The summed E-state index contributed by atoms with van der Waals surface area (Å²) in [4.78, 5) is 16.7. The fourth-order valence-electron chi connectivity index (χ4n) is 2.97. The number of amides is 1. The lowest BCUT2D eigenvalue weighted by Gasteiger charge is -2.38. The van der Waals surface area contributed by atoms with Crippen molar-refractivity contribution < 1.29 is 13.6 Å². The highest BCUT2D eigenvalue weighted by Crippen LogP contribution is 2.18. The minimum Gasteiger partial charge on any atom is -0.369 e. The molecule has 0 aromatic heterocycles. The van der Waals surface area contributed by atoms with Gasteiger partial charge in [0.05, 0.1) is 6.04 Å². The van der Waals surface area contributed by atoms with E-state index in [4.69, 9.17) is 0 Å². The van der Waals surface area contributed by atoms with Crippen molar-refractivity contribution in [3.05, 3.63) is 60.2 Å². The summed E-state index contributed by atoms with van der Waals surface area (Å²) in [7, 11) is 0. The zero-order valence-electron chi connectivity index (χ0n) is 14.1. The average Bonchev–Trinajstić information content (AvgIpc) is 2.64. The maximum atomic E-state index is 13.0. The topological polar surface area (TPSA) is 35.6 Å². The maximum Gasteiger partial charge on any atom is 0.241 e. The van der Waals surface area contributed by atoms with Gasteiger partial charge in [0.2, 0.25) is 5.91 Å². The number of halogens is 2. The summed E-state index contributed by atoms with van der Waals surface area (Å²) in [5.41, 5.74) is 1.58. The molecule has 1 saturated heterocycles. The van der Waals surface area contributed by atoms with Gasteiger partial charge in [-0.15, -0.1) is 0 Å². The first-order valence-corrected chi connectivity index (χ1v) is 8.34. The Labute approximate surface area is 146 Å². The third-order valence-corrected chi connectivity index (χ3v) is 4.54. The van der Waals surface area contributed by atoms with E-state index in [0.29, 0.717) is 5.69 Å². The van der Waals surface area contributed by atoms with Crippen LogP contribution in [0.3, 0.4) is 0 Å². The van der Waals surface area contributed by atoms with Gasteiger partial charge in [0.15, 0.2) is 0 Å². The normalized spacial score (nSPS) is 16.5. The fourth-order valence-corrected chi connectivity index (χ4v) is 2.97. The van der Waals surface area contributed by atoms with E-state index in [2.05, 4.69) is 15.1 Å². The lowest BCUT2D eigenvalue weighted by Crippen LogP contribution is -2.52. The summed E-state index contributed by atoms with van der Waals surface area (Å²) >= 11 is 0. The van der Waals surface area contributed by atoms with Crippen molar-refractivity contribution in [2.75, 3.05) is 36.4 Å². The van der Waals surface area contributed by atoms with Gasteiger partial charge in [-0.2, -0.15) is 0 Å². The van der Waals surface area contributed by atoms with Gasteiger partial charge >= 0.3 is 0 Å². The molecule has 0 saturated carbocycles. The van der Waals surface area contributed by atoms with Crippen molar-refractivity contribution in [1.29, 1.82) is 0 Å². The summed E-state index contributed by atoms with van der Waals surface area (Å²) in [5.74, 6) is -0.682. The Kier molecular flexibility index (Phi) is 5.28. The number of piperazine rings is 1. The van der Waals surface area contributed by atoms with Crippen LogP contribution in [0.4, 0.5) is 20.2 Å². The number of hydrogen-bond donors (Lipinski definition) is 1. The molecule has 1 aliphatic heterocycles. The lowest BCUT2D eigenvalue weighted by atomic mass is 10.2. The van der Waals surface area contributed by atoms with E-state index < -0.39 is 0 Å². The van der Waals surface area contributed by atoms with Crippen LogP contribution in [0.5, 0.6) is 0 Å². The van der Waals surface area contributed by atoms with Crippen molar-refractivity contribution in [2.24, 2.45) is 0 Å². The van der Waals surface area contributed by atoms with E-state index in [1.54, 1.807) is 24.3 Å². The Morgan fingerprint density at radius 2 is 1.44 bits per heavy atom. The molecule has 6 heteroatoms. The van der Waals surface area contributed by atoms with E-state index >= 15 is 0 Å². The third-order valence-electron chi connectivity index (χ3n) is 4.54. The molecular weight excluding hydrogens is 324 g/mol. The van der Waals surface area contributed by atoms with E-state index in [0.717, 1.165) is 31.9 Å². The Hall–Kier alpha value is -2.47. The van der Waals surface area contributed by atoms with Gasteiger partial charge in [-0.1, -0.05) is 0 Å². The van der Waals surface area contributed by atoms with Gasteiger partial charge in [-0.05, 0) is 55.5 Å². The van der Waals surface area contributed by atoms with Crippen molar-refractivity contribution in [2.45, 2.75) is 13.0 Å². The third kappa shape index (κ3) is 4.33. The van der Waals surface area contributed by atoms with Crippen molar-refractivity contribution >= 4 is 17.3 Å². The van der Waals surface area contributed by atoms with E-state index in [1.165, 1.54) is 24.3 Å². The maximum absolute atomic E-state index is 13.0. The van der Waals surface area contributed by atoms with Crippen LogP contribution < -0.4 is 10.2 Å². The quantitative estimate of drug-likeness (QED) is 0.925. The number of rotatable bonds is 4. The van der Waals surface area contributed by atoms with Gasteiger partial charge in [0.25, 0.3) is 0 Å². The SMILES string of the molecule is CC(C(=O)Nc1ccc(F)cc1)N1CCN(c2ccc(F)cc2)CC1. The molecule has 1 aliphatic rings. The first-order valence-electron chi connectivity index (χ1n) is 8.34. The molecule has 2 aromatic carbocycles. The summed E-state index contributed by atoms with van der Waals surface area (Å²) in [5, 5.41) is 2.81. The highest BCUT2D eigenvalue weighted by atomic mass is 19.1. The first kappa shape index (κ1) is 17.4. The van der Waals surface area contributed by atoms with Gasteiger partial charge in [0.1, 0.15) is 11.6 Å². The van der Waals surface area contributed by atoms with Crippen molar-refractivity contribution in [3.63, 3.8) is 0 Å². The molecule has 0 bridgehead atoms. The average molecular weight is 345 g/mol. The Morgan fingerprint density at radius 1 is 0.920 bits per heavy atom. The van der Waals surface area contributed by atoms with Crippen LogP contribution in [0, 0.1) is 11.6 Å². The molecule has 1 unspecified atom stereocenters. The van der Waals surface area contributed by atoms with E-state index in [-0.39, 0.29) is 23.6 Å². The second-order valence-electron chi connectivity index (χ2n) is 6.17. The smallest absolute Gasteiger partial charge is 0.241 e. The zero-order valence-corrected chi connectivity index (χ0v) is 14.1. The Morgan fingerprint density at radius 3 is 2.00 bits per heavy atom. The van der Waals surface area contributed by atoms with Crippen LogP contribution in [0.15, 0.2) is 48.5 Å². The first-order chi connectivity index (χ1) is 12.0. The Balaban J connectivity index is 1.53. The fraction of sp³-hybridized carbons (Fsp3) is 0.316. The number of benzene rings is 2. The number of nitrogens with zero attached hydrogens (tertiary/aromatic N) is 2. The molecule has 1 atom stereocenters. The van der Waals surface area contributed by atoms with Crippen LogP contribution in [-0.4, -0.2) is 43.0 Å². The number of anilines is 2. The summed E-state index contributed by atoms with van der Waals surface area (Å²) in [6, 6.07) is 11.9. The molecule has 4 nitrogen and oxygen atoms in total. The molecule has 1 N–H and O–H groups in total. The molecule has 1 heterocycles. The Bertz CT molecular complexity index is 710. The second-order valence-corrected chi connectivity index (χ2v) is 6.17. The summed E-state index contributed by atoms with van der Waals surface area (Å²) in [6.45, 7) is 4.91. The predicted molar refractivity (Wildman–Crippen MR) is 94.7 cm³/mol. The molecular formula is C19H21F2N3O. The predicted octanol–water partition coefficient (Wildman–Crippen LogP) is 3.11. The molecule has 2 aromatic rings. The molecule has 3 rings (SSSR count). The summed E-state index contributed by atoms with van der Waals surface area (Å²) in [6.07, 6.45) is 0. The monoisotopic (exact) mass is 345 g/mol. The largest absolute Gasteiger partial charge is 0.369 e. The van der Waals surface area contributed by atoms with Crippen LogP contribution >= 0.6 is 0 Å². The van der Waals surface area contributed by atoms with E-state index in [1.807, 2.05) is 6.92 Å². The van der Waals surface area contributed by atoms with Gasteiger partial charge in [-0.25, -0.2) is 8.78 Å². The minimum atomic E-state index is -0.331. The van der Waals surface area contributed by atoms with E-state index in [9.17, 15) is 13.6 Å². The van der Waals surface area contributed by atoms with Crippen LogP contribution in [0.25, 0.3) is 0 Å². The minimum absolute atomic E-state index is 0.109. The number of carbonyl (C=O) groups excluding carboxylic acids is 1. The van der Waals surface area contributed by atoms with Gasteiger partial charge < -0.3 is 10.2 Å². The highest BCUT2D eigenvalue weighted by molar-refractivity contribution is 5.94. The van der Waals surface area contributed by atoms with Crippen LogP contribution in [0.1, 0.15) is 6.92 Å². The van der Waals surface area contributed by atoms with Crippen molar-refractivity contribution in [1.82, 2.24) is 4.90 Å². The van der Waals surface area contributed by atoms with Crippen LogP contribution in [-0.2, 0) is 4.79 Å². The molecule has 0 radical (unpaired) electrons. The zero-order chi connectivity index (χ0) is 17.8. The number of carbonyl (C=O) groups is 1. The molecule has 132 valence electrons. The molecule has 25 heavy (non-hydrogen) atoms. The number of hydrogen-bond acceptors (Lipinski definition) is 3. The lowest BCUT2D eigenvalue weighted by molar-refractivity contribution is -0.120. The van der Waals surface area contributed by atoms with Gasteiger partial charge in [-0.3, -0.25) is 9.69 Å². The molecule has 0 spiro atoms. The summed E-state index contributed by atoms with van der Waals surface area (Å²) < 4.78 is 25.9. The molecule has 1 amide bonds. The van der Waals surface area contributed by atoms with Crippen molar-refractivity contribution in [3.8, 4) is 0 Å². The number of nitrogens with one attached hydrogen (secondary N) is 1. The standard InChI is InChI=1S/C19H21F2N3O/c1-14(19(25)22-17-6-2-15(20)3-7-17)23-10-12-24(13-11-23)18-8-4-16(21)5-9-18/h2-9,14H,10-13H2,1H3,(H,22,25). The highest BCUT2D eigenvalue weighted by Gasteiger charge is 2.25. The molecule has 1 fully saturated rings. The van der Waals surface area contributed by atoms with Crippen LogP contribution in [0.2, 0.25) is 0 Å². The molecule has 0 aliphatic carbocycles. The second kappa shape index (κ2) is 7.61. The van der Waals surface area contributed by atoms with Gasteiger partial charge in [0, 0.05) is 37.6 Å².